The standard InChI is InChI=1S/C51H38/c1-51(2)49-25-10-9-24-47(49)48-27-26-43(34-50(48)51)40-21-12-19-38(29-40)39-20-13-23-42(30-39)46-32-44(36-16-7-4-8-17-36)31-45(33-46)41-22-11-18-37(28-41)35-14-5-3-6-15-35/h3-34H,1-2H3. The SMILES string of the molecule is CC1(C)c2ccccc2-c2ccc(-c3cccc(-c4cccc(-c5cc(-c6ccccc6)cc(-c6cccc(-c7ccccc7)c6)c5)c4)c3)cc21. The number of hydrogen-bond donors (Lipinski definition) is 0. The van der Waals surface area contributed by atoms with E-state index in [2.05, 4.69) is 208 Å². The first-order valence-electron chi connectivity index (χ1n) is 17.8. The lowest BCUT2D eigenvalue weighted by Crippen LogP contribution is -2.14. The Morgan fingerprint density at radius 1 is 0.235 bits per heavy atom. The van der Waals surface area contributed by atoms with Crippen LogP contribution in [0.4, 0.5) is 0 Å². The monoisotopic (exact) mass is 650 g/mol. The first-order chi connectivity index (χ1) is 25.0. The van der Waals surface area contributed by atoms with Crippen LogP contribution in [-0.2, 0) is 5.41 Å². The second-order valence-corrected chi connectivity index (χ2v) is 14.2. The predicted molar refractivity (Wildman–Crippen MR) is 217 cm³/mol. The van der Waals surface area contributed by atoms with Crippen molar-refractivity contribution in [2.45, 2.75) is 19.3 Å². The molecule has 0 radical (unpaired) electrons. The van der Waals surface area contributed by atoms with Crippen molar-refractivity contribution in [1.29, 1.82) is 0 Å². The average molecular weight is 651 g/mol. The summed E-state index contributed by atoms with van der Waals surface area (Å²) in [5.41, 5.74) is 20.1. The third-order valence-electron chi connectivity index (χ3n) is 10.7. The van der Waals surface area contributed by atoms with Gasteiger partial charge in [0.25, 0.3) is 0 Å². The maximum absolute atomic E-state index is 2.41. The molecule has 0 fully saturated rings. The highest BCUT2D eigenvalue weighted by Crippen LogP contribution is 2.49. The van der Waals surface area contributed by atoms with Crippen LogP contribution < -0.4 is 0 Å². The van der Waals surface area contributed by atoms with Gasteiger partial charge in [-0.05, 0) is 131 Å². The van der Waals surface area contributed by atoms with Gasteiger partial charge < -0.3 is 0 Å². The van der Waals surface area contributed by atoms with E-state index < -0.39 is 0 Å². The molecule has 0 heteroatoms. The van der Waals surface area contributed by atoms with Crippen LogP contribution in [0.2, 0.25) is 0 Å². The van der Waals surface area contributed by atoms with Crippen LogP contribution in [0.15, 0.2) is 194 Å². The Morgan fingerprint density at radius 3 is 1.10 bits per heavy atom. The molecule has 8 aromatic carbocycles. The fraction of sp³-hybridized carbons (Fsp3) is 0.0588. The Hall–Kier alpha value is -6.24. The van der Waals surface area contributed by atoms with Gasteiger partial charge in [-0.25, -0.2) is 0 Å². The fourth-order valence-corrected chi connectivity index (χ4v) is 7.91. The fourth-order valence-electron chi connectivity index (χ4n) is 7.91. The van der Waals surface area contributed by atoms with E-state index in [9.17, 15) is 0 Å². The topological polar surface area (TPSA) is 0 Å². The molecule has 0 nitrogen and oxygen atoms in total. The molecular weight excluding hydrogens is 613 g/mol. The van der Waals surface area contributed by atoms with Crippen molar-refractivity contribution < 1.29 is 0 Å². The lowest BCUT2D eigenvalue weighted by molar-refractivity contribution is 0.660. The van der Waals surface area contributed by atoms with E-state index in [1.807, 2.05) is 0 Å². The van der Waals surface area contributed by atoms with Crippen LogP contribution in [0.25, 0.3) is 77.9 Å². The highest BCUT2D eigenvalue weighted by atomic mass is 14.4. The molecule has 0 aromatic heterocycles. The van der Waals surface area contributed by atoms with Gasteiger partial charge >= 0.3 is 0 Å². The molecule has 1 aliphatic rings. The van der Waals surface area contributed by atoms with Crippen molar-refractivity contribution in [2.75, 3.05) is 0 Å². The van der Waals surface area contributed by atoms with Crippen LogP contribution in [-0.4, -0.2) is 0 Å². The van der Waals surface area contributed by atoms with Crippen molar-refractivity contribution in [2.24, 2.45) is 0 Å². The van der Waals surface area contributed by atoms with Crippen LogP contribution in [0, 0.1) is 0 Å². The highest BCUT2D eigenvalue weighted by molar-refractivity contribution is 5.86. The summed E-state index contributed by atoms with van der Waals surface area (Å²) in [7, 11) is 0. The van der Waals surface area contributed by atoms with Crippen molar-refractivity contribution in [1.82, 2.24) is 0 Å². The first kappa shape index (κ1) is 30.8. The summed E-state index contributed by atoms with van der Waals surface area (Å²) in [6.07, 6.45) is 0. The first-order valence-corrected chi connectivity index (χ1v) is 17.8. The van der Waals surface area contributed by atoms with Crippen LogP contribution >= 0.6 is 0 Å². The summed E-state index contributed by atoms with van der Waals surface area (Å²) < 4.78 is 0. The lowest BCUT2D eigenvalue weighted by atomic mass is 9.81. The van der Waals surface area contributed by atoms with E-state index in [1.54, 1.807) is 0 Å². The minimum absolute atomic E-state index is 0.0239. The second-order valence-electron chi connectivity index (χ2n) is 14.2. The van der Waals surface area contributed by atoms with Crippen LogP contribution in [0.3, 0.4) is 0 Å². The zero-order valence-corrected chi connectivity index (χ0v) is 29.0. The Bertz CT molecular complexity index is 2540. The third-order valence-corrected chi connectivity index (χ3v) is 10.7. The van der Waals surface area contributed by atoms with Gasteiger partial charge in [0.15, 0.2) is 0 Å². The molecule has 0 aliphatic heterocycles. The normalized spacial score (nSPS) is 12.7. The second kappa shape index (κ2) is 12.6. The van der Waals surface area contributed by atoms with E-state index in [0.29, 0.717) is 0 Å². The molecule has 0 spiro atoms. The molecule has 0 saturated carbocycles. The van der Waals surface area contributed by atoms with Crippen LogP contribution in [0.5, 0.6) is 0 Å². The number of hydrogen-bond acceptors (Lipinski definition) is 0. The Morgan fingerprint density at radius 2 is 0.569 bits per heavy atom. The minimum atomic E-state index is -0.0239. The quantitative estimate of drug-likeness (QED) is 0.168. The highest BCUT2D eigenvalue weighted by Gasteiger charge is 2.35. The van der Waals surface area contributed by atoms with E-state index >= 15 is 0 Å². The zero-order valence-electron chi connectivity index (χ0n) is 29.0. The summed E-state index contributed by atoms with van der Waals surface area (Å²) in [6.45, 7) is 4.70. The van der Waals surface area contributed by atoms with Gasteiger partial charge in [-0.2, -0.15) is 0 Å². The molecule has 9 rings (SSSR count). The lowest BCUT2D eigenvalue weighted by Gasteiger charge is -2.22. The molecule has 0 heterocycles. The van der Waals surface area contributed by atoms with E-state index in [4.69, 9.17) is 0 Å². The molecular formula is C51H38. The van der Waals surface area contributed by atoms with Gasteiger partial charge in [0.2, 0.25) is 0 Å². The van der Waals surface area contributed by atoms with E-state index in [-0.39, 0.29) is 5.41 Å². The maximum atomic E-state index is 2.41. The third kappa shape index (κ3) is 5.69. The molecule has 8 aromatic rings. The molecule has 0 N–H and O–H groups in total. The average Bonchev–Trinajstić information content (AvgIpc) is 3.44. The minimum Gasteiger partial charge on any atom is -0.0622 e. The van der Waals surface area contributed by atoms with Gasteiger partial charge in [-0.15, -0.1) is 0 Å². The van der Waals surface area contributed by atoms with Gasteiger partial charge in [0, 0.05) is 5.41 Å². The molecule has 0 bridgehead atoms. The van der Waals surface area contributed by atoms with E-state index in [0.717, 1.165) is 0 Å². The van der Waals surface area contributed by atoms with Crippen molar-refractivity contribution >= 4 is 0 Å². The molecule has 1 aliphatic carbocycles. The Labute approximate surface area is 301 Å². The van der Waals surface area contributed by atoms with Crippen molar-refractivity contribution in [3.05, 3.63) is 205 Å². The number of rotatable bonds is 6. The Balaban J connectivity index is 1.10. The molecule has 242 valence electrons. The number of benzene rings is 8. The predicted octanol–water partition coefficient (Wildman–Crippen LogP) is 14.0. The molecule has 0 unspecified atom stereocenters. The smallest absolute Gasteiger partial charge is 0.0159 e. The molecule has 0 atom stereocenters. The molecule has 0 saturated heterocycles. The van der Waals surface area contributed by atoms with E-state index in [1.165, 1.54) is 89.0 Å². The van der Waals surface area contributed by atoms with Gasteiger partial charge in [-0.1, -0.05) is 166 Å². The summed E-state index contributed by atoms with van der Waals surface area (Å²) in [6, 6.07) is 71.1. The molecule has 51 heavy (non-hydrogen) atoms. The Kier molecular flexibility index (Phi) is 7.59. The molecule has 0 amide bonds. The summed E-state index contributed by atoms with van der Waals surface area (Å²) >= 11 is 0. The van der Waals surface area contributed by atoms with Gasteiger partial charge in [-0.3, -0.25) is 0 Å². The largest absolute Gasteiger partial charge is 0.0622 e. The van der Waals surface area contributed by atoms with Crippen molar-refractivity contribution in [3.63, 3.8) is 0 Å². The van der Waals surface area contributed by atoms with Gasteiger partial charge in [0.1, 0.15) is 0 Å². The summed E-state index contributed by atoms with van der Waals surface area (Å²) in [5, 5.41) is 0. The summed E-state index contributed by atoms with van der Waals surface area (Å²) in [5.74, 6) is 0. The zero-order chi connectivity index (χ0) is 34.4. The van der Waals surface area contributed by atoms with Gasteiger partial charge in [0.05, 0.1) is 0 Å². The van der Waals surface area contributed by atoms with Crippen LogP contribution in [0.1, 0.15) is 25.0 Å². The maximum Gasteiger partial charge on any atom is 0.0159 e. The number of fused-ring (bicyclic) bond motifs is 3. The summed E-state index contributed by atoms with van der Waals surface area (Å²) in [4.78, 5) is 0. The van der Waals surface area contributed by atoms with Crippen molar-refractivity contribution in [3.8, 4) is 77.9 Å².